The number of aliphatic hydroxyl groups is 1. The molecule has 1 saturated heterocycles. The number of carbonyl (C=O) groups excluding carboxylic acids is 2. The summed E-state index contributed by atoms with van der Waals surface area (Å²) >= 11 is 0. The molecule has 2 heterocycles. The Morgan fingerprint density at radius 3 is 2.70 bits per heavy atom. The average molecular weight is 275 g/mol. The monoisotopic (exact) mass is 275 g/mol. The average Bonchev–Trinajstić information content (AvgIpc) is 2.74. The van der Waals surface area contributed by atoms with Gasteiger partial charge in [-0.05, 0) is 25.0 Å². The molecule has 0 aliphatic carbocycles. The third kappa shape index (κ3) is 2.12. The van der Waals surface area contributed by atoms with E-state index in [0.29, 0.717) is 11.3 Å². The van der Waals surface area contributed by atoms with Crippen LogP contribution < -0.4 is 16.0 Å². The largest absolute Gasteiger partial charge is 0.378 e. The Balaban J connectivity index is 1.75. The number of amides is 2. The van der Waals surface area contributed by atoms with Crippen LogP contribution in [0.1, 0.15) is 24.5 Å². The summed E-state index contributed by atoms with van der Waals surface area (Å²) < 4.78 is 0. The Labute approximate surface area is 116 Å². The number of hydrogen-bond acceptors (Lipinski definition) is 4. The minimum absolute atomic E-state index is 0.0396. The molecule has 0 aromatic heterocycles. The number of primary amides is 1. The van der Waals surface area contributed by atoms with Crippen molar-refractivity contribution in [1.29, 1.82) is 0 Å². The highest BCUT2D eigenvalue weighted by molar-refractivity contribution is 6.02. The van der Waals surface area contributed by atoms with Gasteiger partial charge in [0.2, 0.25) is 5.91 Å². The Bertz CT molecular complexity index is 565. The lowest BCUT2D eigenvalue weighted by Gasteiger charge is -2.32. The lowest BCUT2D eigenvalue weighted by Crippen LogP contribution is -2.38. The number of piperidine rings is 1. The van der Waals surface area contributed by atoms with E-state index in [0.717, 1.165) is 31.6 Å². The van der Waals surface area contributed by atoms with E-state index in [1.165, 1.54) is 0 Å². The fourth-order valence-electron chi connectivity index (χ4n) is 2.85. The first-order valence-corrected chi connectivity index (χ1v) is 6.73. The predicted octanol–water partition coefficient (Wildman–Crippen LogP) is 0.374. The van der Waals surface area contributed by atoms with Crippen LogP contribution in [0.3, 0.4) is 0 Å². The first-order chi connectivity index (χ1) is 9.56. The number of fused-ring (bicyclic) bond motifs is 1. The van der Waals surface area contributed by atoms with Gasteiger partial charge in [0.15, 0.2) is 6.10 Å². The van der Waals surface area contributed by atoms with Crippen molar-refractivity contribution in [1.82, 2.24) is 0 Å². The van der Waals surface area contributed by atoms with Crippen molar-refractivity contribution in [3.05, 3.63) is 23.8 Å². The standard InChI is InChI=1S/C14H17N3O3/c15-13(19)8-3-5-17(6-4-8)9-1-2-10-11(7-9)16-14(20)12(10)18/h1-2,7-8,12,18H,3-6H2,(H2,15,19)(H,16,20). The van der Waals surface area contributed by atoms with Gasteiger partial charge in [-0.1, -0.05) is 6.07 Å². The van der Waals surface area contributed by atoms with Gasteiger partial charge in [0, 0.05) is 35.9 Å². The fraction of sp³-hybridized carbons (Fsp3) is 0.429. The molecule has 106 valence electrons. The fourth-order valence-corrected chi connectivity index (χ4v) is 2.85. The lowest BCUT2D eigenvalue weighted by molar-refractivity contribution is -0.123. The maximum Gasteiger partial charge on any atom is 0.257 e. The summed E-state index contributed by atoms with van der Waals surface area (Å²) in [4.78, 5) is 24.7. The van der Waals surface area contributed by atoms with Crippen LogP contribution in [0.4, 0.5) is 11.4 Å². The molecule has 2 amide bonds. The van der Waals surface area contributed by atoms with Crippen molar-refractivity contribution in [3.63, 3.8) is 0 Å². The lowest BCUT2D eigenvalue weighted by atomic mass is 9.96. The minimum Gasteiger partial charge on any atom is -0.378 e. The van der Waals surface area contributed by atoms with Crippen molar-refractivity contribution < 1.29 is 14.7 Å². The summed E-state index contributed by atoms with van der Waals surface area (Å²) in [6.07, 6.45) is 0.433. The number of anilines is 2. The Kier molecular flexibility index (Phi) is 3.10. The molecule has 2 aliphatic heterocycles. The maximum absolute atomic E-state index is 11.4. The molecule has 20 heavy (non-hydrogen) atoms. The topological polar surface area (TPSA) is 95.7 Å². The van der Waals surface area contributed by atoms with Crippen molar-refractivity contribution in [2.75, 3.05) is 23.3 Å². The number of hydrogen-bond donors (Lipinski definition) is 3. The van der Waals surface area contributed by atoms with E-state index < -0.39 is 6.10 Å². The van der Waals surface area contributed by atoms with E-state index in [-0.39, 0.29) is 17.7 Å². The van der Waals surface area contributed by atoms with E-state index in [9.17, 15) is 14.7 Å². The molecule has 1 aromatic carbocycles. The van der Waals surface area contributed by atoms with Crippen LogP contribution in [0, 0.1) is 5.92 Å². The minimum atomic E-state index is -1.07. The van der Waals surface area contributed by atoms with Crippen LogP contribution in [-0.4, -0.2) is 30.0 Å². The number of nitrogens with one attached hydrogen (secondary N) is 1. The van der Waals surface area contributed by atoms with Gasteiger partial charge in [-0.3, -0.25) is 9.59 Å². The van der Waals surface area contributed by atoms with Crippen LogP contribution >= 0.6 is 0 Å². The SMILES string of the molecule is NC(=O)C1CCN(c2ccc3c(c2)NC(=O)C3O)CC1. The van der Waals surface area contributed by atoms with Gasteiger partial charge in [-0.2, -0.15) is 0 Å². The molecule has 1 aromatic rings. The highest BCUT2D eigenvalue weighted by atomic mass is 16.3. The molecular weight excluding hydrogens is 258 g/mol. The molecular formula is C14H17N3O3. The first kappa shape index (κ1) is 12.9. The van der Waals surface area contributed by atoms with Crippen molar-refractivity contribution in [2.45, 2.75) is 18.9 Å². The van der Waals surface area contributed by atoms with E-state index in [1.54, 1.807) is 6.07 Å². The second kappa shape index (κ2) is 4.79. The summed E-state index contributed by atoms with van der Waals surface area (Å²) in [5.74, 6) is -0.652. The van der Waals surface area contributed by atoms with Gasteiger partial charge < -0.3 is 21.1 Å². The molecule has 0 spiro atoms. The number of nitrogens with two attached hydrogens (primary N) is 1. The maximum atomic E-state index is 11.4. The highest BCUT2D eigenvalue weighted by Gasteiger charge is 2.29. The smallest absolute Gasteiger partial charge is 0.257 e. The summed E-state index contributed by atoms with van der Waals surface area (Å²) in [7, 11) is 0. The quantitative estimate of drug-likeness (QED) is 0.726. The van der Waals surface area contributed by atoms with E-state index in [4.69, 9.17) is 5.73 Å². The van der Waals surface area contributed by atoms with Gasteiger partial charge in [-0.25, -0.2) is 0 Å². The normalized spacial score (nSPS) is 22.6. The van der Waals surface area contributed by atoms with E-state index >= 15 is 0 Å². The molecule has 4 N–H and O–H groups in total. The van der Waals surface area contributed by atoms with Gasteiger partial charge >= 0.3 is 0 Å². The number of benzene rings is 1. The summed E-state index contributed by atoms with van der Waals surface area (Å²) in [6.45, 7) is 1.53. The molecule has 3 rings (SSSR count). The number of nitrogens with zero attached hydrogens (tertiary/aromatic N) is 1. The van der Waals surface area contributed by atoms with Crippen LogP contribution in [0.15, 0.2) is 18.2 Å². The molecule has 1 fully saturated rings. The molecule has 2 aliphatic rings. The summed E-state index contributed by atoms with van der Waals surface area (Å²) in [5.41, 5.74) is 7.59. The van der Waals surface area contributed by atoms with Gasteiger partial charge in [0.1, 0.15) is 0 Å². The van der Waals surface area contributed by atoms with Gasteiger partial charge in [0.05, 0.1) is 0 Å². The number of rotatable bonds is 2. The zero-order valence-corrected chi connectivity index (χ0v) is 11.0. The van der Waals surface area contributed by atoms with Crippen LogP contribution in [0.5, 0.6) is 0 Å². The summed E-state index contributed by atoms with van der Waals surface area (Å²) in [6, 6.07) is 5.54. The third-order valence-corrected chi connectivity index (χ3v) is 4.10. The molecule has 0 radical (unpaired) electrons. The predicted molar refractivity (Wildman–Crippen MR) is 74.2 cm³/mol. The Morgan fingerprint density at radius 2 is 2.05 bits per heavy atom. The van der Waals surface area contributed by atoms with Crippen molar-refractivity contribution >= 4 is 23.2 Å². The molecule has 1 atom stereocenters. The molecule has 0 saturated carbocycles. The van der Waals surface area contributed by atoms with Crippen LogP contribution in [-0.2, 0) is 9.59 Å². The Hall–Kier alpha value is -2.08. The zero-order valence-electron chi connectivity index (χ0n) is 11.0. The van der Waals surface area contributed by atoms with Crippen LogP contribution in [0.2, 0.25) is 0 Å². The second-order valence-corrected chi connectivity index (χ2v) is 5.33. The molecule has 6 nitrogen and oxygen atoms in total. The van der Waals surface area contributed by atoms with Crippen LogP contribution in [0.25, 0.3) is 0 Å². The molecule has 0 bridgehead atoms. The van der Waals surface area contributed by atoms with Crippen molar-refractivity contribution in [2.24, 2.45) is 11.7 Å². The molecule has 6 heteroatoms. The van der Waals surface area contributed by atoms with Gasteiger partial charge in [0.25, 0.3) is 5.91 Å². The third-order valence-electron chi connectivity index (χ3n) is 4.10. The number of aliphatic hydroxyl groups excluding tert-OH is 1. The number of carbonyl (C=O) groups is 2. The second-order valence-electron chi connectivity index (χ2n) is 5.33. The highest BCUT2D eigenvalue weighted by Crippen LogP contribution is 2.34. The van der Waals surface area contributed by atoms with E-state index in [1.807, 2.05) is 12.1 Å². The first-order valence-electron chi connectivity index (χ1n) is 6.73. The van der Waals surface area contributed by atoms with E-state index in [2.05, 4.69) is 10.2 Å². The summed E-state index contributed by atoms with van der Waals surface area (Å²) in [5, 5.41) is 12.3. The van der Waals surface area contributed by atoms with Crippen molar-refractivity contribution in [3.8, 4) is 0 Å². The zero-order chi connectivity index (χ0) is 14.3. The van der Waals surface area contributed by atoms with Gasteiger partial charge in [-0.15, -0.1) is 0 Å². The Morgan fingerprint density at radius 1 is 1.35 bits per heavy atom. The molecule has 1 unspecified atom stereocenters.